The predicted molar refractivity (Wildman–Crippen MR) is 97.9 cm³/mol. The van der Waals surface area contributed by atoms with Crippen LogP contribution in [0.5, 0.6) is 5.88 Å². The Balaban J connectivity index is 1.39. The minimum absolute atomic E-state index is 0.681. The smallest absolute Gasteiger partial charge is 0.213 e. The van der Waals surface area contributed by atoms with Crippen molar-refractivity contribution < 1.29 is 4.74 Å². The molecule has 24 heavy (non-hydrogen) atoms. The maximum Gasteiger partial charge on any atom is 0.213 e. The van der Waals surface area contributed by atoms with E-state index in [4.69, 9.17) is 9.72 Å². The number of hydrogen-bond acceptors (Lipinski definition) is 6. The summed E-state index contributed by atoms with van der Waals surface area (Å²) in [5.41, 5.74) is 2.16. The van der Waals surface area contributed by atoms with E-state index in [1.54, 1.807) is 18.4 Å². The summed E-state index contributed by atoms with van der Waals surface area (Å²) < 4.78 is 6.46. The van der Waals surface area contributed by atoms with Crippen LogP contribution < -0.4 is 9.64 Å². The first-order valence-electron chi connectivity index (χ1n) is 8.14. The number of aromatic nitrogens is 2. The van der Waals surface area contributed by atoms with E-state index in [2.05, 4.69) is 39.0 Å². The average Bonchev–Trinajstić information content (AvgIpc) is 3.06. The summed E-state index contributed by atoms with van der Waals surface area (Å²) in [6, 6.07) is 14.3. The van der Waals surface area contributed by atoms with Crippen LogP contribution >= 0.6 is 11.3 Å². The molecule has 0 bridgehead atoms. The van der Waals surface area contributed by atoms with Crippen molar-refractivity contribution in [1.82, 2.24) is 14.9 Å². The lowest BCUT2D eigenvalue weighted by molar-refractivity contribution is 0.246. The Bertz CT molecular complexity index is 794. The van der Waals surface area contributed by atoms with Gasteiger partial charge in [-0.05, 0) is 18.2 Å². The van der Waals surface area contributed by atoms with E-state index in [9.17, 15) is 0 Å². The largest absolute Gasteiger partial charge is 0.481 e. The molecule has 0 N–H and O–H groups in total. The highest BCUT2D eigenvalue weighted by atomic mass is 32.1. The van der Waals surface area contributed by atoms with Gasteiger partial charge in [0.2, 0.25) is 5.88 Å². The maximum absolute atomic E-state index is 5.20. The van der Waals surface area contributed by atoms with Gasteiger partial charge < -0.3 is 9.64 Å². The third-order valence-corrected chi connectivity index (χ3v) is 5.40. The Hall–Kier alpha value is -2.18. The van der Waals surface area contributed by atoms with Gasteiger partial charge in [0.1, 0.15) is 0 Å². The quantitative estimate of drug-likeness (QED) is 0.730. The van der Waals surface area contributed by atoms with Crippen LogP contribution in [0.2, 0.25) is 0 Å². The van der Waals surface area contributed by atoms with Crippen molar-refractivity contribution in [2.24, 2.45) is 0 Å². The van der Waals surface area contributed by atoms with Gasteiger partial charge in [-0.1, -0.05) is 29.5 Å². The van der Waals surface area contributed by atoms with E-state index < -0.39 is 0 Å². The predicted octanol–water partition coefficient (Wildman–Crippen LogP) is 3.02. The second kappa shape index (κ2) is 6.75. The summed E-state index contributed by atoms with van der Waals surface area (Å²) in [6.45, 7) is 4.92. The number of methoxy groups -OCH3 is 1. The van der Waals surface area contributed by atoms with E-state index in [0.29, 0.717) is 5.88 Å². The number of benzene rings is 1. The zero-order valence-electron chi connectivity index (χ0n) is 13.7. The van der Waals surface area contributed by atoms with Crippen LogP contribution in [0, 0.1) is 0 Å². The monoisotopic (exact) mass is 340 g/mol. The number of piperazine rings is 1. The zero-order chi connectivity index (χ0) is 16.4. The highest BCUT2D eigenvalue weighted by molar-refractivity contribution is 7.22. The van der Waals surface area contributed by atoms with Gasteiger partial charge in [0.25, 0.3) is 0 Å². The van der Waals surface area contributed by atoms with Crippen LogP contribution in [-0.4, -0.2) is 48.2 Å². The molecule has 3 aromatic rings. The summed E-state index contributed by atoms with van der Waals surface area (Å²) in [7, 11) is 1.66. The molecular formula is C18H20N4OS. The number of ether oxygens (including phenoxy) is 1. The summed E-state index contributed by atoms with van der Waals surface area (Å²) in [5, 5.41) is 1.13. The molecule has 5 nitrogen and oxygen atoms in total. The molecule has 0 unspecified atom stereocenters. The SMILES string of the molecule is COc1cccc(CN2CCN(c3nc4ccccc4s3)CC2)n1. The number of hydrogen-bond donors (Lipinski definition) is 0. The fourth-order valence-electron chi connectivity index (χ4n) is 2.98. The van der Waals surface area contributed by atoms with Crippen molar-refractivity contribution >= 4 is 26.7 Å². The molecule has 1 aromatic carbocycles. The summed E-state index contributed by atoms with van der Waals surface area (Å²) >= 11 is 1.78. The number of nitrogens with zero attached hydrogens (tertiary/aromatic N) is 4. The Kier molecular flexibility index (Phi) is 4.32. The highest BCUT2D eigenvalue weighted by Gasteiger charge is 2.20. The lowest BCUT2D eigenvalue weighted by Gasteiger charge is -2.34. The van der Waals surface area contributed by atoms with Crippen molar-refractivity contribution in [2.75, 3.05) is 38.2 Å². The summed E-state index contributed by atoms with van der Waals surface area (Å²) in [5.74, 6) is 0.681. The van der Waals surface area contributed by atoms with Crippen molar-refractivity contribution in [3.63, 3.8) is 0 Å². The van der Waals surface area contributed by atoms with Gasteiger partial charge in [-0.25, -0.2) is 9.97 Å². The van der Waals surface area contributed by atoms with E-state index in [0.717, 1.165) is 49.1 Å². The van der Waals surface area contributed by atoms with Gasteiger partial charge in [-0.2, -0.15) is 0 Å². The van der Waals surface area contributed by atoms with Crippen molar-refractivity contribution in [1.29, 1.82) is 0 Å². The van der Waals surface area contributed by atoms with Crippen LogP contribution in [0.3, 0.4) is 0 Å². The number of anilines is 1. The number of thiazole rings is 1. The van der Waals surface area contributed by atoms with Gasteiger partial charge in [-0.15, -0.1) is 0 Å². The topological polar surface area (TPSA) is 41.5 Å². The molecule has 0 spiro atoms. The van der Waals surface area contributed by atoms with Gasteiger partial charge in [0, 0.05) is 38.8 Å². The first-order chi connectivity index (χ1) is 11.8. The lowest BCUT2D eigenvalue weighted by atomic mass is 10.3. The normalized spacial score (nSPS) is 15.8. The van der Waals surface area contributed by atoms with Crippen molar-refractivity contribution in [3.05, 3.63) is 48.2 Å². The summed E-state index contributed by atoms with van der Waals surface area (Å²) in [4.78, 5) is 14.1. The molecule has 0 amide bonds. The molecule has 2 aromatic heterocycles. The van der Waals surface area contributed by atoms with Gasteiger partial charge >= 0.3 is 0 Å². The molecule has 1 aliphatic rings. The van der Waals surface area contributed by atoms with Crippen LogP contribution in [0.15, 0.2) is 42.5 Å². The minimum atomic E-state index is 0.681. The van der Waals surface area contributed by atoms with Gasteiger partial charge in [-0.3, -0.25) is 4.90 Å². The minimum Gasteiger partial charge on any atom is -0.481 e. The van der Waals surface area contributed by atoms with Gasteiger partial charge in [0.15, 0.2) is 5.13 Å². The Labute approximate surface area is 145 Å². The number of rotatable bonds is 4. The van der Waals surface area contributed by atoms with E-state index in [1.165, 1.54) is 4.70 Å². The average molecular weight is 340 g/mol. The molecule has 0 radical (unpaired) electrons. The maximum atomic E-state index is 5.20. The molecule has 124 valence electrons. The standard InChI is InChI=1S/C18H20N4OS/c1-23-17-8-4-5-14(19-17)13-21-9-11-22(12-10-21)18-20-15-6-2-3-7-16(15)24-18/h2-8H,9-13H2,1H3. The van der Waals surface area contributed by atoms with E-state index >= 15 is 0 Å². The molecule has 1 fully saturated rings. The second-order valence-corrected chi connectivity index (χ2v) is 6.91. The second-order valence-electron chi connectivity index (χ2n) is 5.90. The first kappa shape index (κ1) is 15.4. The van der Waals surface area contributed by atoms with Crippen molar-refractivity contribution in [2.45, 2.75) is 6.54 Å². The van der Waals surface area contributed by atoms with Crippen LogP contribution in [0.4, 0.5) is 5.13 Å². The zero-order valence-corrected chi connectivity index (χ0v) is 14.5. The molecular weight excluding hydrogens is 320 g/mol. The van der Waals surface area contributed by atoms with E-state index in [1.807, 2.05) is 18.2 Å². The molecule has 0 aliphatic carbocycles. The fraction of sp³-hybridized carbons (Fsp3) is 0.333. The molecule has 1 aliphatic heterocycles. The third kappa shape index (κ3) is 3.20. The molecule has 1 saturated heterocycles. The van der Waals surface area contributed by atoms with Gasteiger partial charge in [0.05, 0.1) is 23.0 Å². The highest BCUT2D eigenvalue weighted by Crippen LogP contribution is 2.29. The van der Waals surface area contributed by atoms with Crippen LogP contribution in [0.1, 0.15) is 5.69 Å². The Morgan fingerprint density at radius 1 is 1.00 bits per heavy atom. The number of para-hydroxylation sites is 1. The van der Waals surface area contributed by atoms with Crippen LogP contribution in [0.25, 0.3) is 10.2 Å². The van der Waals surface area contributed by atoms with E-state index in [-0.39, 0.29) is 0 Å². The molecule has 4 rings (SSSR count). The van der Waals surface area contributed by atoms with Crippen LogP contribution in [-0.2, 0) is 6.54 Å². The lowest BCUT2D eigenvalue weighted by Crippen LogP contribution is -2.46. The summed E-state index contributed by atoms with van der Waals surface area (Å²) in [6.07, 6.45) is 0. The molecule has 0 atom stereocenters. The Morgan fingerprint density at radius 3 is 2.62 bits per heavy atom. The first-order valence-corrected chi connectivity index (χ1v) is 8.96. The molecule has 6 heteroatoms. The molecule has 3 heterocycles. The third-order valence-electron chi connectivity index (χ3n) is 4.30. The number of fused-ring (bicyclic) bond motifs is 1. The Morgan fingerprint density at radius 2 is 1.83 bits per heavy atom. The number of pyridine rings is 1. The molecule has 0 saturated carbocycles. The van der Waals surface area contributed by atoms with Crippen molar-refractivity contribution in [3.8, 4) is 5.88 Å². The fourth-order valence-corrected chi connectivity index (χ4v) is 4.00.